The number of rotatable bonds is 2. The molecular formula is C7H2F3N3O2. The summed E-state index contributed by atoms with van der Waals surface area (Å²) in [6.07, 6.45) is -2.79. The van der Waals surface area contributed by atoms with Crippen LogP contribution in [0.15, 0.2) is 6.20 Å². The molecule has 0 atom stereocenters. The zero-order valence-corrected chi connectivity index (χ0v) is 6.95. The second-order valence-electron chi connectivity index (χ2n) is 2.39. The van der Waals surface area contributed by atoms with E-state index in [1.165, 1.54) is 0 Å². The summed E-state index contributed by atoms with van der Waals surface area (Å²) in [5.41, 5.74) is -3.23. The van der Waals surface area contributed by atoms with Gasteiger partial charge in [0.15, 0.2) is 11.4 Å². The van der Waals surface area contributed by atoms with Crippen LogP contribution in [0.1, 0.15) is 17.7 Å². The van der Waals surface area contributed by atoms with Crippen LogP contribution in [0.4, 0.5) is 18.9 Å². The zero-order chi connectivity index (χ0) is 11.6. The fourth-order valence-electron chi connectivity index (χ4n) is 0.889. The van der Waals surface area contributed by atoms with Crippen molar-refractivity contribution < 1.29 is 18.1 Å². The van der Waals surface area contributed by atoms with E-state index in [0.717, 1.165) is 6.07 Å². The number of nitrogens with zero attached hydrogens (tertiary/aromatic N) is 3. The van der Waals surface area contributed by atoms with E-state index >= 15 is 0 Å². The van der Waals surface area contributed by atoms with Gasteiger partial charge in [0.1, 0.15) is 18.0 Å². The molecule has 0 bridgehead atoms. The molecule has 0 aromatic carbocycles. The summed E-state index contributed by atoms with van der Waals surface area (Å²) in [6, 6.07) is 1.15. The smallest absolute Gasteiger partial charge is 0.258 e. The molecule has 1 aromatic heterocycles. The maximum atomic E-state index is 13.1. The van der Waals surface area contributed by atoms with Crippen molar-refractivity contribution in [2.45, 2.75) is 6.43 Å². The standard InChI is InChI=1S/C7H2F3N3O2/c8-5-3(1-11)4(13(14)15)2-12-6(5)7(9)10/h2,7H. The van der Waals surface area contributed by atoms with Crippen molar-refractivity contribution in [1.29, 1.82) is 5.26 Å². The second kappa shape index (κ2) is 3.91. The lowest BCUT2D eigenvalue weighted by Gasteiger charge is -2.01. The van der Waals surface area contributed by atoms with Gasteiger partial charge in [0.2, 0.25) is 0 Å². The van der Waals surface area contributed by atoms with Gasteiger partial charge >= 0.3 is 5.69 Å². The summed E-state index contributed by atoms with van der Waals surface area (Å²) < 4.78 is 37.3. The van der Waals surface area contributed by atoms with Crippen LogP contribution in [0.5, 0.6) is 0 Å². The lowest BCUT2D eigenvalue weighted by molar-refractivity contribution is -0.385. The van der Waals surface area contributed by atoms with Crippen molar-refractivity contribution in [3.63, 3.8) is 0 Å². The van der Waals surface area contributed by atoms with E-state index in [4.69, 9.17) is 5.26 Å². The third-order valence-electron chi connectivity index (χ3n) is 1.54. The van der Waals surface area contributed by atoms with Gasteiger partial charge in [0, 0.05) is 0 Å². The summed E-state index contributed by atoms with van der Waals surface area (Å²) in [4.78, 5) is 12.1. The van der Waals surface area contributed by atoms with Crippen LogP contribution in [-0.4, -0.2) is 9.91 Å². The third kappa shape index (κ3) is 1.85. The molecule has 15 heavy (non-hydrogen) atoms. The van der Waals surface area contributed by atoms with E-state index in [9.17, 15) is 23.3 Å². The molecule has 0 spiro atoms. The molecule has 1 aromatic rings. The molecule has 0 aliphatic heterocycles. The second-order valence-corrected chi connectivity index (χ2v) is 2.39. The minimum absolute atomic E-state index is 0.434. The molecule has 0 N–H and O–H groups in total. The first-order valence-electron chi connectivity index (χ1n) is 3.50. The Kier molecular flexibility index (Phi) is 2.85. The van der Waals surface area contributed by atoms with Crippen LogP contribution < -0.4 is 0 Å². The normalized spacial score (nSPS) is 10.1. The molecule has 8 heteroatoms. The Morgan fingerprint density at radius 2 is 2.20 bits per heavy atom. The van der Waals surface area contributed by atoms with Crippen LogP contribution in [0.25, 0.3) is 0 Å². The van der Waals surface area contributed by atoms with Gasteiger partial charge in [-0.2, -0.15) is 5.26 Å². The molecule has 5 nitrogen and oxygen atoms in total. The summed E-state index contributed by atoms with van der Waals surface area (Å²) >= 11 is 0. The summed E-state index contributed by atoms with van der Waals surface area (Å²) in [5.74, 6) is -1.65. The fraction of sp³-hybridized carbons (Fsp3) is 0.143. The van der Waals surface area contributed by atoms with E-state index in [2.05, 4.69) is 4.98 Å². The van der Waals surface area contributed by atoms with Crippen molar-refractivity contribution in [2.75, 3.05) is 0 Å². The number of nitro groups is 1. The van der Waals surface area contributed by atoms with E-state index in [1.54, 1.807) is 0 Å². The topological polar surface area (TPSA) is 79.8 Å². The third-order valence-corrected chi connectivity index (χ3v) is 1.54. The van der Waals surface area contributed by atoms with Crippen LogP contribution in [-0.2, 0) is 0 Å². The predicted octanol–water partition coefficient (Wildman–Crippen LogP) is 1.94. The first kappa shape index (κ1) is 10.9. The highest BCUT2D eigenvalue weighted by Crippen LogP contribution is 2.26. The van der Waals surface area contributed by atoms with Crippen molar-refractivity contribution >= 4 is 5.69 Å². The van der Waals surface area contributed by atoms with E-state index in [1.807, 2.05) is 0 Å². The number of alkyl halides is 2. The number of pyridine rings is 1. The van der Waals surface area contributed by atoms with Gasteiger partial charge in [0.05, 0.1) is 4.92 Å². The van der Waals surface area contributed by atoms with Crippen molar-refractivity contribution in [2.24, 2.45) is 0 Å². The van der Waals surface area contributed by atoms with Crippen LogP contribution in [0.3, 0.4) is 0 Å². The van der Waals surface area contributed by atoms with Gasteiger partial charge in [0.25, 0.3) is 6.43 Å². The van der Waals surface area contributed by atoms with Gasteiger partial charge in [-0.25, -0.2) is 18.2 Å². The SMILES string of the molecule is N#Cc1c([N+](=O)[O-])cnc(C(F)F)c1F. The van der Waals surface area contributed by atoms with Crippen LogP contribution in [0, 0.1) is 27.3 Å². The molecule has 0 radical (unpaired) electrons. The Balaban J connectivity index is 3.48. The Morgan fingerprint density at radius 1 is 1.60 bits per heavy atom. The lowest BCUT2D eigenvalue weighted by Crippen LogP contribution is -2.03. The molecule has 1 heterocycles. The molecular weight excluding hydrogens is 215 g/mol. The molecule has 78 valence electrons. The Hall–Kier alpha value is -2.17. The van der Waals surface area contributed by atoms with E-state index < -0.39 is 34.1 Å². The molecule has 0 saturated heterocycles. The molecule has 0 fully saturated rings. The maximum absolute atomic E-state index is 13.1. The zero-order valence-electron chi connectivity index (χ0n) is 6.95. The predicted molar refractivity (Wildman–Crippen MR) is 40.5 cm³/mol. The maximum Gasteiger partial charge on any atom is 0.308 e. The first-order chi connectivity index (χ1) is 6.99. The van der Waals surface area contributed by atoms with E-state index in [-0.39, 0.29) is 0 Å². The van der Waals surface area contributed by atoms with Crippen molar-refractivity contribution in [1.82, 2.24) is 4.98 Å². The Bertz CT molecular complexity index is 456. The molecule has 0 saturated carbocycles. The van der Waals surface area contributed by atoms with Crippen molar-refractivity contribution in [3.8, 4) is 6.07 Å². The quantitative estimate of drug-likeness (QED) is 0.560. The lowest BCUT2D eigenvalue weighted by atomic mass is 10.2. The van der Waals surface area contributed by atoms with Gasteiger partial charge in [-0.3, -0.25) is 10.1 Å². The van der Waals surface area contributed by atoms with Gasteiger partial charge in [-0.1, -0.05) is 0 Å². The molecule has 0 unspecified atom stereocenters. The minimum atomic E-state index is -3.22. The molecule has 0 aliphatic rings. The molecule has 1 rings (SSSR count). The molecule has 0 amide bonds. The number of nitriles is 1. The fourth-order valence-corrected chi connectivity index (χ4v) is 0.889. The summed E-state index contributed by atoms with van der Waals surface area (Å²) in [5, 5.41) is 18.7. The van der Waals surface area contributed by atoms with E-state index in [0.29, 0.717) is 6.20 Å². The van der Waals surface area contributed by atoms with Gasteiger partial charge in [-0.15, -0.1) is 0 Å². The highest BCUT2D eigenvalue weighted by molar-refractivity contribution is 5.48. The average Bonchev–Trinajstić information content (AvgIpc) is 2.16. The monoisotopic (exact) mass is 217 g/mol. The number of hydrogen-bond donors (Lipinski definition) is 0. The van der Waals surface area contributed by atoms with Gasteiger partial charge in [-0.05, 0) is 0 Å². The average molecular weight is 217 g/mol. The minimum Gasteiger partial charge on any atom is -0.258 e. The highest BCUT2D eigenvalue weighted by Gasteiger charge is 2.26. The van der Waals surface area contributed by atoms with Crippen molar-refractivity contribution in [3.05, 3.63) is 33.4 Å². The number of hydrogen-bond acceptors (Lipinski definition) is 4. The molecule has 0 aliphatic carbocycles. The van der Waals surface area contributed by atoms with Crippen LogP contribution >= 0.6 is 0 Å². The number of halogens is 3. The first-order valence-corrected chi connectivity index (χ1v) is 3.50. The summed E-state index contributed by atoms with van der Waals surface area (Å²) in [7, 11) is 0. The van der Waals surface area contributed by atoms with Crippen LogP contribution in [0.2, 0.25) is 0 Å². The Labute approximate surface area is 80.9 Å². The van der Waals surface area contributed by atoms with Gasteiger partial charge < -0.3 is 0 Å². The summed E-state index contributed by atoms with van der Waals surface area (Å²) in [6.45, 7) is 0. The largest absolute Gasteiger partial charge is 0.308 e. The Morgan fingerprint density at radius 3 is 2.60 bits per heavy atom. The number of aromatic nitrogens is 1. The highest BCUT2D eigenvalue weighted by atomic mass is 19.3.